The van der Waals surface area contributed by atoms with Gasteiger partial charge >= 0.3 is 6.36 Å². The van der Waals surface area contributed by atoms with E-state index in [9.17, 15) is 13.2 Å². The number of likely N-dealkylation sites (tertiary alicyclic amines) is 1. The number of hydrogen-bond acceptors (Lipinski definition) is 6. The summed E-state index contributed by atoms with van der Waals surface area (Å²) in [5.41, 5.74) is 1.75. The smallest absolute Gasteiger partial charge is 0.496 e. The van der Waals surface area contributed by atoms with Crippen LogP contribution in [0.2, 0.25) is 0 Å². The summed E-state index contributed by atoms with van der Waals surface area (Å²) in [7, 11) is 3.64. The Morgan fingerprint density at radius 2 is 2.00 bits per heavy atom. The maximum absolute atomic E-state index is 12.7. The van der Waals surface area contributed by atoms with Gasteiger partial charge in [0.15, 0.2) is 5.65 Å². The lowest BCUT2D eigenvalue weighted by Crippen LogP contribution is -2.30. The highest BCUT2D eigenvalue weighted by Gasteiger charge is 2.35. The Bertz CT molecular complexity index is 993. The predicted octanol–water partition coefficient (Wildman–Crippen LogP) is 4.10. The van der Waals surface area contributed by atoms with Crippen LogP contribution in [0.25, 0.3) is 11.2 Å². The quantitative estimate of drug-likeness (QED) is 0.684. The number of anilines is 1. The van der Waals surface area contributed by atoms with E-state index >= 15 is 0 Å². The number of nitrogens with zero attached hydrogens (tertiary/aromatic N) is 4. The molecule has 3 heterocycles. The first-order valence-corrected chi connectivity index (χ1v) is 10.8. The van der Waals surface area contributed by atoms with Gasteiger partial charge in [0.05, 0.1) is 25.1 Å². The van der Waals surface area contributed by atoms with Crippen LogP contribution in [0.4, 0.5) is 19.0 Å². The lowest BCUT2D eigenvalue weighted by atomic mass is 9.94. The minimum absolute atomic E-state index is 0.00242. The van der Waals surface area contributed by atoms with Crippen molar-refractivity contribution in [2.24, 2.45) is 5.92 Å². The van der Waals surface area contributed by atoms with E-state index in [4.69, 9.17) is 4.74 Å². The van der Waals surface area contributed by atoms with Crippen molar-refractivity contribution < 1.29 is 22.6 Å². The van der Waals surface area contributed by atoms with E-state index < -0.39 is 12.5 Å². The van der Waals surface area contributed by atoms with E-state index in [1.54, 1.807) is 10.7 Å². The lowest BCUT2D eigenvalue weighted by molar-refractivity contribution is -0.335. The molecule has 10 heteroatoms. The molecule has 2 aromatic heterocycles. The van der Waals surface area contributed by atoms with Crippen molar-refractivity contribution in [3.63, 3.8) is 0 Å². The maximum Gasteiger partial charge on any atom is 0.523 e. The number of ether oxygens (including phenoxy) is 2. The average molecular weight is 451 g/mol. The van der Waals surface area contributed by atoms with Gasteiger partial charge in [-0.2, -0.15) is 0 Å². The van der Waals surface area contributed by atoms with Gasteiger partial charge in [0.25, 0.3) is 0 Å². The van der Waals surface area contributed by atoms with Crippen molar-refractivity contribution in [1.29, 1.82) is 0 Å². The molecule has 0 saturated carbocycles. The summed E-state index contributed by atoms with van der Waals surface area (Å²) in [5, 5.41) is 8.00. The van der Waals surface area contributed by atoms with Crippen LogP contribution in [-0.2, 0) is 9.47 Å². The number of aromatic nitrogens is 3. The Kier molecular flexibility index (Phi) is 6.71. The molecule has 7 nitrogen and oxygen atoms in total. The summed E-state index contributed by atoms with van der Waals surface area (Å²) >= 11 is 0. The second kappa shape index (κ2) is 9.50. The van der Waals surface area contributed by atoms with Crippen molar-refractivity contribution in [3.8, 4) is 0 Å². The zero-order valence-electron chi connectivity index (χ0n) is 18.2. The summed E-state index contributed by atoms with van der Waals surface area (Å²) in [5.74, 6) is 1.87. The summed E-state index contributed by atoms with van der Waals surface area (Å²) in [6, 6.07) is 3.70. The van der Waals surface area contributed by atoms with Gasteiger partial charge in [-0.15, -0.1) is 18.3 Å². The van der Waals surface area contributed by atoms with Crippen LogP contribution in [0.3, 0.4) is 0 Å². The molecule has 1 fully saturated rings. The first-order chi connectivity index (χ1) is 15.3. The highest BCUT2D eigenvalue weighted by Crippen LogP contribution is 2.33. The number of piperidine rings is 1. The van der Waals surface area contributed by atoms with Gasteiger partial charge in [0.2, 0.25) is 0 Å². The van der Waals surface area contributed by atoms with Crippen LogP contribution in [0.1, 0.15) is 31.4 Å². The molecular weight excluding hydrogens is 423 g/mol. The Labute approximate surface area is 184 Å². The molecule has 174 valence electrons. The fourth-order valence-electron chi connectivity index (χ4n) is 4.27. The number of fused-ring (bicyclic) bond motifs is 1. The van der Waals surface area contributed by atoms with E-state index in [2.05, 4.69) is 32.1 Å². The molecule has 1 unspecified atom stereocenters. The van der Waals surface area contributed by atoms with E-state index in [1.165, 1.54) is 32.1 Å². The molecular formula is C22H28F3N5O2. The molecule has 4 rings (SSSR count). The van der Waals surface area contributed by atoms with Gasteiger partial charge in [0.1, 0.15) is 11.6 Å². The van der Waals surface area contributed by atoms with E-state index in [1.807, 2.05) is 12.1 Å². The number of halogens is 3. The minimum atomic E-state index is -4.72. The average Bonchev–Trinajstić information content (AvgIpc) is 3.17. The number of rotatable bonds is 7. The van der Waals surface area contributed by atoms with E-state index in [-0.39, 0.29) is 6.42 Å². The van der Waals surface area contributed by atoms with Crippen LogP contribution in [-0.4, -0.2) is 65.8 Å². The van der Waals surface area contributed by atoms with E-state index in [0.717, 1.165) is 26.1 Å². The van der Waals surface area contributed by atoms with Crippen LogP contribution >= 0.6 is 0 Å². The lowest BCUT2D eigenvalue weighted by Gasteiger charge is -2.28. The summed E-state index contributed by atoms with van der Waals surface area (Å²) in [4.78, 5) is 6.71. The third-order valence-electron chi connectivity index (χ3n) is 6.04. The Balaban J connectivity index is 1.49. The van der Waals surface area contributed by atoms with Gasteiger partial charge < -0.3 is 15.0 Å². The molecule has 0 aromatic carbocycles. The first kappa shape index (κ1) is 22.6. The largest absolute Gasteiger partial charge is 0.523 e. The SMILES string of the molecule is COC1=C(c2cnc3ccc(NCCC4CCN(C)CC4)nn23)CC(OC(F)(F)F)C=C1. The second-order valence-corrected chi connectivity index (χ2v) is 8.31. The van der Waals surface area contributed by atoms with Crippen molar-refractivity contribution in [3.05, 3.63) is 41.9 Å². The fourth-order valence-corrected chi connectivity index (χ4v) is 4.27. The fraction of sp³-hybridized carbons (Fsp3) is 0.545. The molecule has 1 aliphatic carbocycles. The molecule has 2 aliphatic rings. The molecule has 1 aliphatic heterocycles. The van der Waals surface area contributed by atoms with E-state index in [0.29, 0.717) is 34.4 Å². The topological polar surface area (TPSA) is 63.9 Å². The highest BCUT2D eigenvalue weighted by molar-refractivity contribution is 5.71. The molecule has 0 radical (unpaired) electrons. The molecule has 1 saturated heterocycles. The van der Waals surface area contributed by atoms with Gasteiger partial charge in [0, 0.05) is 18.5 Å². The normalized spacial score (nSPS) is 20.8. The van der Waals surface area contributed by atoms with Crippen molar-refractivity contribution in [1.82, 2.24) is 19.5 Å². The molecule has 1 atom stereocenters. The predicted molar refractivity (Wildman–Crippen MR) is 115 cm³/mol. The molecule has 0 spiro atoms. The second-order valence-electron chi connectivity index (χ2n) is 8.31. The van der Waals surface area contributed by atoms with Crippen molar-refractivity contribution >= 4 is 17.0 Å². The number of alkyl halides is 3. The van der Waals surface area contributed by atoms with Crippen molar-refractivity contribution in [2.75, 3.05) is 39.1 Å². The third-order valence-corrected chi connectivity index (χ3v) is 6.04. The third kappa shape index (κ3) is 5.42. The highest BCUT2D eigenvalue weighted by atomic mass is 19.4. The maximum atomic E-state index is 12.7. The van der Waals surface area contributed by atoms with Gasteiger partial charge in [-0.25, -0.2) is 9.50 Å². The Morgan fingerprint density at radius 1 is 1.22 bits per heavy atom. The summed E-state index contributed by atoms with van der Waals surface area (Å²) in [6.45, 7) is 3.09. The zero-order valence-corrected chi connectivity index (χ0v) is 18.2. The molecule has 2 aromatic rings. The monoisotopic (exact) mass is 451 g/mol. The standard InChI is InChI=1S/C22H28F3N5O2/c1-29-11-8-15(9-12-29)7-10-26-20-5-6-21-27-14-18(30(21)28-20)17-13-16(32-22(23,24)25)3-4-19(17)31-2/h3-6,14-16H,7-13H2,1-2H3,(H,26,28). The van der Waals surface area contributed by atoms with Gasteiger partial charge in [-0.05, 0) is 63.5 Å². The summed E-state index contributed by atoms with van der Waals surface area (Å²) < 4.78 is 49.4. The number of methoxy groups -OCH3 is 1. The van der Waals surface area contributed by atoms with Crippen LogP contribution in [0.15, 0.2) is 36.2 Å². The number of allylic oxidation sites excluding steroid dienone is 1. The minimum Gasteiger partial charge on any atom is -0.496 e. The first-order valence-electron chi connectivity index (χ1n) is 10.8. The Hall–Kier alpha value is -2.59. The van der Waals surface area contributed by atoms with Gasteiger partial charge in [-0.1, -0.05) is 6.08 Å². The molecule has 1 N–H and O–H groups in total. The zero-order chi connectivity index (χ0) is 22.7. The number of imidazole rings is 1. The number of nitrogens with one attached hydrogen (secondary N) is 1. The van der Waals surface area contributed by atoms with Crippen LogP contribution in [0.5, 0.6) is 0 Å². The van der Waals surface area contributed by atoms with Gasteiger partial charge in [-0.3, -0.25) is 4.74 Å². The summed E-state index contributed by atoms with van der Waals surface area (Å²) in [6.07, 6.45) is 2.09. The molecule has 0 amide bonds. The number of hydrogen-bond donors (Lipinski definition) is 1. The van der Waals surface area contributed by atoms with Crippen molar-refractivity contribution in [2.45, 2.75) is 38.1 Å². The Morgan fingerprint density at radius 3 is 2.72 bits per heavy atom. The van der Waals surface area contributed by atoms with Crippen LogP contribution < -0.4 is 5.32 Å². The van der Waals surface area contributed by atoms with Crippen LogP contribution in [0, 0.1) is 5.92 Å². The molecule has 0 bridgehead atoms. The molecule has 32 heavy (non-hydrogen) atoms.